The minimum atomic E-state index is -0.103. The van der Waals surface area contributed by atoms with Crippen molar-refractivity contribution in [3.63, 3.8) is 0 Å². The summed E-state index contributed by atoms with van der Waals surface area (Å²) in [6.07, 6.45) is 3.47. The maximum Gasteiger partial charge on any atom is 0.266 e. The molecule has 0 aliphatic carbocycles. The van der Waals surface area contributed by atoms with E-state index in [0.717, 1.165) is 11.1 Å². The number of amides is 1. The molecule has 0 atom stereocenters. The summed E-state index contributed by atoms with van der Waals surface area (Å²) in [7, 11) is 1.60. The highest BCUT2D eigenvalue weighted by molar-refractivity contribution is 8.26. The third kappa shape index (κ3) is 4.59. The van der Waals surface area contributed by atoms with E-state index in [2.05, 4.69) is 6.58 Å². The van der Waals surface area contributed by atoms with Crippen molar-refractivity contribution in [2.24, 2.45) is 0 Å². The van der Waals surface area contributed by atoms with Crippen LogP contribution in [0.2, 0.25) is 0 Å². The van der Waals surface area contributed by atoms with Crippen molar-refractivity contribution in [3.8, 4) is 11.5 Å². The molecular weight excluding hydrogens is 378 g/mol. The lowest BCUT2D eigenvalue weighted by Gasteiger charge is -2.12. The summed E-state index contributed by atoms with van der Waals surface area (Å²) in [5.41, 5.74) is 1.92. The second-order valence-corrected chi connectivity index (χ2v) is 7.44. The Kier molecular flexibility index (Phi) is 6.32. The van der Waals surface area contributed by atoms with Gasteiger partial charge in [-0.2, -0.15) is 0 Å². The molecule has 1 saturated heterocycles. The number of thiocarbonyl (C=S) groups is 1. The first-order valence-electron chi connectivity index (χ1n) is 8.33. The Balaban J connectivity index is 1.77. The minimum Gasteiger partial charge on any atom is -0.493 e. The third-order valence-corrected chi connectivity index (χ3v) is 5.29. The summed E-state index contributed by atoms with van der Waals surface area (Å²) in [6.45, 7) is 4.53. The minimum absolute atomic E-state index is 0.103. The first-order valence-corrected chi connectivity index (χ1v) is 9.56. The van der Waals surface area contributed by atoms with Crippen molar-refractivity contribution in [1.29, 1.82) is 0 Å². The molecule has 0 aromatic heterocycles. The molecule has 6 heteroatoms. The number of carbonyl (C=O) groups excluding carboxylic acids is 1. The lowest BCUT2D eigenvalue weighted by atomic mass is 10.1. The summed E-state index contributed by atoms with van der Waals surface area (Å²) >= 11 is 6.55. The number of methoxy groups -OCH3 is 1. The van der Waals surface area contributed by atoms with Crippen LogP contribution in [0.15, 0.2) is 66.1 Å². The SMILES string of the molecule is C=CCN1C(=O)/C(=C\c2ccc(OCc3ccccc3)c(OC)c2)SC1=S. The zero-order chi connectivity index (χ0) is 19.2. The van der Waals surface area contributed by atoms with Crippen LogP contribution in [0.5, 0.6) is 11.5 Å². The Morgan fingerprint density at radius 1 is 1.19 bits per heavy atom. The predicted molar refractivity (Wildman–Crippen MR) is 114 cm³/mol. The lowest BCUT2D eigenvalue weighted by molar-refractivity contribution is -0.121. The highest BCUT2D eigenvalue weighted by Crippen LogP contribution is 2.34. The van der Waals surface area contributed by atoms with Gasteiger partial charge in [0.05, 0.1) is 12.0 Å². The van der Waals surface area contributed by atoms with Crippen molar-refractivity contribution in [2.45, 2.75) is 6.61 Å². The maximum absolute atomic E-state index is 12.4. The molecule has 27 heavy (non-hydrogen) atoms. The number of carbonyl (C=O) groups is 1. The lowest BCUT2D eigenvalue weighted by Crippen LogP contribution is -2.27. The summed E-state index contributed by atoms with van der Waals surface area (Å²) in [5, 5.41) is 0. The van der Waals surface area contributed by atoms with Gasteiger partial charge in [0.15, 0.2) is 11.5 Å². The topological polar surface area (TPSA) is 38.8 Å². The fourth-order valence-corrected chi connectivity index (χ4v) is 3.84. The maximum atomic E-state index is 12.4. The van der Waals surface area contributed by atoms with Gasteiger partial charge >= 0.3 is 0 Å². The molecule has 0 unspecified atom stereocenters. The van der Waals surface area contributed by atoms with Gasteiger partial charge in [-0.3, -0.25) is 9.69 Å². The molecule has 1 heterocycles. The predicted octanol–water partition coefficient (Wildman–Crippen LogP) is 4.66. The van der Waals surface area contributed by atoms with Crippen LogP contribution in [0.25, 0.3) is 6.08 Å². The van der Waals surface area contributed by atoms with E-state index in [1.807, 2.05) is 54.6 Å². The number of rotatable bonds is 7. The number of benzene rings is 2. The van der Waals surface area contributed by atoms with E-state index in [1.165, 1.54) is 16.7 Å². The average molecular weight is 398 g/mol. The van der Waals surface area contributed by atoms with Gasteiger partial charge in [0, 0.05) is 6.54 Å². The molecule has 4 nitrogen and oxygen atoms in total. The number of thioether (sulfide) groups is 1. The molecule has 0 saturated carbocycles. The van der Waals surface area contributed by atoms with Gasteiger partial charge in [-0.05, 0) is 29.3 Å². The van der Waals surface area contributed by atoms with E-state index in [0.29, 0.717) is 33.9 Å². The third-order valence-electron chi connectivity index (χ3n) is 3.91. The standard InChI is InChI=1S/C21H19NO3S2/c1-3-11-22-20(23)19(27-21(22)26)13-16-9-10-17(18(12-16)24-2)25-14-15-7-5-4-6-8-15/h3-10,12-13H,1,11,14H2,2H3/b19-13+. The molecule has 0 bridgehead atoms. The summed E-state index contributed by atoms with van der Waals surface area (Å²) < 4.78 is 11.9. The summed E-state index contributed by atoms with van der Waals surface area (Å²) in [4.78, 5) is 14.6. The Bertz CT molecular complexity index is 894. The number of hydrogen-bond donors (Lipinski definition) is 0. The Hall–Kier alpha value is -2.57. The van der Waals surface area contributed by atoms with Gasteiger partial charge in [0.1, 0.15) is 10.9 Å². The number of nitrogens with zero attached hydrogens (tertiary/aromatic N) is 1. The van der Waals surface area contributed by atoms with Crippen LogP contribution in [-0.2, 0) is 11.4 Å². The van der Waals surface area contributed by atoms with Crippen LogP contribution >= 0.6 is 24.0 Å². The second kappa shape index (κ2) is 8.88. The average Bonchev–Trinajstić information content (AvgIpc) is 2.95. The summed E-state index contributed by atoms with van der Waals surface area (Å²) in [6, 6.07) is 15.5. The fraction of sp³-hybridized carbons (Fsp3) is 0.143. The number of ether oxygens (including phenoxy) is 2. The smallest absolute Gasteiger partial charge is 0.266 e. The van der Waals surface area contributed by atoms with Gasteiger partial charge in [-0.25, -0.2) is 0 Å². The second-order valence-electron chi connectivity index (χ2n) is 5.77. The Labute approximate surface area is 168 Å². The van der Waals surface area contributed by atoms with E-state index in [1.54, 1.807) is 13.2 Å². The largest absolute Gasteiger partial charge is 0.493 e. The van der Waals surface area contributed by atoms with Gasteiger partial charge in [-0.15, -0.1) is 6.58 Å². The van der Waals surface area contributed by atoms with Gasteiger partial charge < -0.3 is 9.47 Å². The Morgan fingerprint density at radius 3 is 2.67 bits per heavy atom. The van der Waals surface area contributed by atoms with Crippen LogP contribution in [0.1, 0.15) is 11.1 Å². The molecule has 0 spiro atoms. The van der Waals surface area contributed by atoms with E-state index in [9.17, 15) is 4.79 Å². The number of hydrogen-bond acceptors (Lipinski definition) is 5. The van der Waals surface area contributed by atoms with E-state index in [-0.39, 0.29) is 5.91 Å². The van der Waals surface area contributed by atoms with E-state index in [4.69, 9.17) is 21.7 Å². The molecule has 2 aromatic rings. The van der Waals surface area contributed by atoms with Crippen LogP contribution in [0, 0.1) is 0 Å². The molecule has 0 radical (unpaired) electrons. The highest BCUT2D eigenvalue weighted by atomic mass is 32.2. The molecule has 2 aromatic carbocycles. The van der Waals surface area contributed by atoms with Crippen molar-refractivity contribution in [3.05, 3.63) is 77.2 Å². The van der Waals surface area contributed by atoms with Crippen molar-refractivity contribution in [2.75, 3.05) is 13.7 Å². The van der Waals surface area contributed by atoms with Crippen LogP contribution in [-0.4, -0.2) is 28.8 Å². The zero-order valence-corrected chi connectivity index (χ0v) is 16.5. The molecule has 1 aliphatic heterocycles. The Morgan fingerprint density at radius 2 is 1.96 bits per heavy atom. The first kappa shape index (κ1) is 19.2. The van der Waals surface area contributed by atoms with Crippen molar-refractivity contribution < 1.29 is 14.3 Å². The molecule has 1 fully saturated rings. The van der Waals surface area contributed by atoms with Gasteiger partial charge in [-0.1, -0.05) is 66.5 Å². The van der Waals surface area contributed by atoms with Crippen LogP contribution < -0.4 is 9.47 Å². The van der Waals surface area contributed by atoms with Gasteiger partial charge in [0.25, 0.3) is 5.91 Å². The molecule has 1 amide bonds. The summed E-state index contributed by atoms with van der Waals surface area (Å²) in [5.74, 6) is 1.16. The molecule has 138 valence electrons. The highest BCUT2D eigenvalue weighted by Gasteiger charge is 2.30. The zero-order valence-electron chi connectivity index (χ0n) is 14.9. The van der Waals surface area contributed by atoms with Crippen molar-refractivity contribution >= 4 is 40.3 Å². The monoisotopic (exact) mass is 397 g/mol. The first-order chi connectivity index (χ1) is 13.1. The van der Waals surface area contributed by atoms with E-state index < -0.39 is 0 Å². The normalized spacial score (nSPS) is 15.3. The van der Waals surface area contributed by atoms with E-state index >= 15 is 0 Å². The van der Waals surface area contributed by atoms with Gasteiger partial charge in [0.2, 0.25) is 0 Å². The van der Waals surface area contributed by atoms with Crippen molar-refractivity contribution in [1.82, 2.24) is 4.90 Å². The molecular formula is C21H19NO3S2. The molecule has 1 aliphatic rings. The fourth-order valence-electron chi connectivity index (χ4n) is 2.57. The molecule has 0 N–H and O–H groups in total. The van der Waals surface area contributed by atoms with Crippen LogP contribution in [0.3, 0.4) is 0 Å². The quantitative estimate of drug-likeness (QED) is 0.386. The molecule has 3 rings (SSSR count). The van der Waals surface area contributed by atoms with Crippen LogP contribution in [0.4, 0.5) is 0 Å².